The van der Waals surface area contributed by atoms with Gasteiger partial charge >= 0.3 is 0 Å². The highest BCUT2D eigenvalue weighted by molar-refractivity contribution is 7.18. The Kier molecular flexibility index (Phi) is 4.44. The van der Waals surface area contributed by atoms with Crippen LogP contribution >= 0.6 is 22.7 Å². The number of hydrogen-bond acceptors (Lipinski definition) is 6. The highest BCUT2D eigenvalue weighted by Gasteiger charge is 2.07. The summed E-state index contributed by atoms with van der Waals surface area (Å²) in [6, 6.07) is 13.6. The Morgan fingerprint density at radius 3 is 2.80 bits per heavy atom. The summed E-state index contributed by atoms with van der Waals surface area (Å²) < 4.78 is 7.69. The SMILES string of the molecule is Cc1nc2ccc(NC(=O)COCc3nc4ccccc4s3)cc2s1. The molecule has 126 valence electrons. The van der Waals surface area contributed by atoms with Crippen molar-refractivity contribution in [3.63, 3.8) is 0 Å². The predicted molar refractivity (Wildman–Crippen MR) is 102 cm³/mol. The number of benzene rings is 2. The summed E-state index contributed by atoms with van der Waals surface area (Å²) in [7, 11) is 0. The maximum absolute atomic E-state index is 12.1. The maximum Gasteiger partial charge on any atom is 0.250 e. The third-order valence-electron chi connectivity index (χ3n) is 3.58. The van der Waals surface area contributed by atoms with Gasteiger partial charge in [-0.15, -0.1) is 22.7 Å². The Hall–Kier alpha value is -2.35. The largest absolute Gasteiger partial charge is 0.364 e. The van der Waals surface area contributed by atoms with E-state index in [1.54, 1.807) is 22.7 Å². The van der Waals surface area contributed by atoms with Crippen molar-refractivity contribution in [2.45, 2.75) is 13.5 Å². The van der Waals surface area contributed by atoms with Crippen molar-refractivity contribution in [2.75, 3.05) is 11.9 Å². The first-order chi connectivity index (χ1) is 12.2. The molecular weight excluding hydrogens is 354 g/mol. The van der Waals surface area contributed by atoms with Gasteiger partial charge in [-0.3, -0.25) is 4.79 Å². The van der Waals surface area contributed by atoms with Gasteiger partial charge in [-0.2, -0.15) is 0 Å². The third-order valence-corrected chi connectivity index (χ3v) is 5.52. The molecule has 0 bridgehead atoms. The molecule has 0 unspecified atom stereocenters. The third kappa shape index (κ3) is 3.68. The zero-order chi connectivity index (χ0) is 17.2. The zero-order valence-corrected chi connectivity index (χ0v) is 15.1. The number of aromatic nitrogens is 2. The standard InChI is InChI=1S/C18H15N3O2S2/c1-11-19-14-7-6-12(8-16(14)24-11)20-17(22)9-23-10-18-21-13-4-2-3-5-15(13)25-18/h2-8H,9-10H2,1H3,(H,20,22). The van der Waals surface area contributed by atoms with E-state index in [1.165, 1.54) is 0 Å². The van der Waals surface area contributed by atoms with Crippen molar-refractivity contribution in [1.82, 2.24) is 9.97 Å². The fraction of sp³-hybridized carbons (Fsp3) is 0.167. The zero-order valence-electron chi connectivity index (χ0n) is 13.5. The van der Waals surface area contributed by atoms with E-state index in [4.69, 9.17) is 4.74 Å². The van der Waals surface area contributed by atoms with Crippen LogP contribution in [0.4, 0.5) is 5.69 Å². The Morgan fingerprint density at radius 1 is 1.08 bits per heavy atom. The summed E-state index contributed by atoms with van der Waals surface area (Å²) in [5, 5.41) is 4.74. The van der Waals surface area contributed by atoms with Crippen molar-refractivity contribution in [3.8, 4) is 0 Å². The second-order valence-electron chi connectivity index (χ2n) is 5.53. The summed E-state index contributed by atoms with van der Waals surface area (Å²) >= 11 is 3.19. The van der Waals surface area contributed by atoms with E-state index in [0.717, 1.165) is 36.1 Å². The molecule has 1 N–H and O–H groups in total. The second-order valence-corrected chi connectivity index (χ2v) is 7.88. The summed E-state index contributed by atoms with van der Waals surface area (Å²) in [4.78, 5) is 20.9. The predicted octanol–water partition coefficient (Wildman–Crippen LogP) is 4.37. The number of thiazole rings is 2. The average Bonchev–Trinajstić information content (AvgIpc) is 3.16. The van der Waals surface area contributed by atoms with E-state index in [0.29, 0.717) is 6.61 Å². The fourth-order valence-electron chi connectivity index (χ4n) is 2.53. The van der Waals surface area contributed by atoms with Crippen LogP contribution in [-0.2, 0) is 16.1 Å². The molecule has 2 aromatic heterocycles. The lowest BCUT2D eigenvalue weighted by Gasteiger charge is -2.05. The van der Waals surface area contributed by atoms with Crippen LogP contribution < -0.4 is 5.32 Å². The van der Waals surface area contributed by atoms with Crippen LogP contribution in [0.2, 0.25) is 0 Å². The van der Waals surface area contributed by atoms with Crippen LogP contribution in [0.1, 0.15) is 10.0 Å². The van der Waals surface area contributed by atoms with Gasteiger partial charge in [0.1, 0.15) is 11.6 Å². The summed E-state index contributed by atoms with van der Waals surface area (Å²) in [5.41, 5.74) is 2.67. The van der Waals surface area contributed by atoms with Gasteiger partial charge in [0.25, 0.3) is 0 Å². The van der Waals surface area contributed by atoms with Gasteiger partial charge in [-0.25, -0.2) is 9.97 Å². The number of aryl methyl sites for hydroxylation is 1. The normalized spacial score (nSPS) is 11.2. The topological polar surface area (TPSA) is 64.1 Å². The Bertz CT molecular complexity index is 1020. The molecule has 25 heavy (non-hydrogen) atoms. The lowest BCUT2D eigenvalue weighted by atomic mass is 10.3. The monoisotopic (exact) mass is 369 g/mol. The van der Waals surface area contributed by atoms with Gasteiger partial charge in [0.15, 0.2) is 0 Å². The molecule has 0 saturated carbocycles. The number of fused-ring (bicyclic) bond motifs is 2. The molecule has 0 aliphatic heterocycles. The number of para-hydroxylation sites is 1. The number of anilines is 1. The number of nitrogens with one attached hydrogen (secondary N) is 1. The molecule has 0 saturated heterocycles. The molecule has 0 radical (unpaired) electrons. The minimum Gasteiger partial charge on any atom is -0.364 e. The first-order valence-corrected chi connectivity index (χ1v) is 9.40. The van der Waals surface area contributed by atoms with Gasteiger partial charge in [-0.05, 0) is 37.3 Å². The number of hydrogen-bond donors (Lipinski definition) is 1. The molecule has 1 amide bonds. The van der Waals surface area contributed by atoms with Crippen molar-refractivity contribution in [2.24, 2.45) is 0 Å². The minimum absolute atomic E-state index is 0.00429. The minimum atomic E-state index is -0.179. The number of nitrogens with zero attached hydrogens (tertiary/aromatic N) is 2. The maximum atomic E-state index is 12.1. The fourth-order valence-corrected chi connectivity index (χ4v) is 4.30. The molecule has 0 atom stereocenters. The van der Waals surface area contributed by atoms with Crippen molar-refractivity contribution < 1.29 is 9.53 Å². The number of ether oxygens (including phenoxy) is 1. The van der Waals surface area contributed by atoms with Crippen LogP contribution in [0.15, 0.2) is 42.5 Å². The number of amides is 1. The Morgan fingerprint density at radius 2 is 1.92 bits per heavy atom. The molecule has 2 aromatic carbocycles. The van der Waals surface area contributed by atoms with Crippen molar-refractivity contribution in [1.29, 1.82) is 0 Å². The number of carbonyl (C=O) groups is 1. The molecule has 0 aliphatic rings. The van der Waals surface area contributed by atoms with Crippen LogP contribution in [-0.4, -0.2) is 22.5 Å². The quantitative estimate of drug-likeness (QED) is 0.567. The molecule has 0 aliphatic carbocycles. The van der Waals surface area contributed by atoms with Gasteiger partial charge in [-0.1, -0.05) is 12.1 Å². The molecule has 4 rings (SSSR count). The van der Waals surface area contributed by atoms with Crippen LogP contribution in [0.5, 0.6) is 0 Å². The lowest BCUT2D eigenvalue weighted by Crippen LogP contribution is -2.18. The lowest BCUT2D eigenvalue weighted by molar-refractivity contribution is -0.121. The van der Waals surface area contributed by atoms with Crippen LogP contribution in [0.3, 0.4) is 0 Å². The molecule has 0 spiro atoms. The van der Waals surface area contributed by atoms with E-state index in [2.05, 4.69) is 15.3 Å². The Labute approximate surface area is 152 Å². The van der Waals surface area contributed by atoms with E-state index in [9.17, 15) is 4.79 Å². The highest BCUT2D eigenvalue weighted by atomic mass is 32.1. The summed E-state index contributed by atoms with van der Waals surface area (Å²) in [6.45, 7) is 2.30. The van der Waals surface area contributed by atoms with Crippen molar-refractivity contribution in [3.05, 3.63) is 52.5 Å². The average molecular weight is 369 g/mol. The van der Waals surface area contributed by atoms with E-state index < -0.39 is 0 Å². The summed E-state index contributed by atoms with van der Waals surface area (Å²) in [6.07, 6.45) is 0. The second kappa shape index (κ2) is 6.87. The van der Waals surface area contributed by atoms with E-state index >= 15 is 0 Å². The van der Waals surface area contributed by atoms with Crippen LogP contribution in [0.25, 0.3) is 20.4 Å². The molecule has 5 nitrogen and oxygen atoms in total. The number of carbonyl (C=O) groups excluding carboxylic acids is 1. The van der Waals surface area contributed by atoms with Gasteiger partial charge in [0.2, 0.25) is 5.91 Å². The highest BCUT2D eigenvalue weighted by Crippen LogP contribution is 2.25. The van der Waals surface area contributed by atoms with Crippen LogP contribution in [0, 0.1) is 6.92 Å². The van der Waals surface area contributed by atoms with Gasteiger partial charge in [0, 0.05) is 5.69 Å². The first kappa shape index (κ1) is 16.1. The molecule has 7 heteroatoms. The number of rotatable bonds is 5. The molecule has 0 fully saturated rings. The van der Waals surface area contributed by atoms with E-state index in [1.807, 2.05) is 49.4 Å². The van der Waals surface area contributed by atoms with Gasteiger partial charge < -0.3 is 10.1 Å². The van der Waals surface area contributed by atoms with Gasteiger partial charge in [0.05, 0.1) is 32.0 Å². The molecular formula is C18H15N3O2S2. The Balaban J connectivity index is 1.33. The molecule has 2 heterocycles. The summed E-state index contributed by atoms with van der Waals surface area (Å²) in [5.74, 6) is -0.179. The van der Waals surface area contributed by atoms with E-state index in [-0.39, 0.29) is 12.5 Å². The first-order valence-electron chi connectivity index (χ1n) is 7.76. The van der Waals surface area contributed by atoms with Crippen molar-refractivity contribution >= 4 is 54.7 Å². The molecule has 4 aromatic rings. The smallest absolute Gasteiger partial charge is 0.250 e.